The van der Waals surface area contributed by atoms with E-state index < -0.39 is 4.92 Å². The third kappa shape index (κ3) is 3.30. The second-order valence-corrected chi connectivity index (χ2v) is 5.86. The third-order valence-electron chi connectivity index (χ3n) is 2.93. The lowest BCUT2D eigenvalue weighted by atomic mass is 9.88. The summed E-state index contributed by atoms with van der Waals surface area (Å²) in [4.78, 5) is 22.2. The molecular weight excluding hydrogens is 316 g/mol. The fourth-order valence-electron chi connectivity index (χ4n) is 1.76. The molecule has 6 nitrogen and oxygen atoms in total. The van der Waals surface area contributed by atoms with E-state index in [0.29, 0.717) is 24.2 Å². The van der Waals surface area contributed by atoms with Gasteiger partial charge in [0.25, 0.3) is 11.6 Å². The van der Waals surface area contributed by atoms with Gasteiger partial charge < -0.3 is 10.1 Å². The summed E-state index contributed by atoms with van der Waals surface area (Å²) in [7, 11) is 0. The number of non-ortho nitro benzene ring substituents is 1. The zero-order chi connectivity index (χ0) is 14.0. The summed E-state index contributed by atoms with van der Waals surface area (Å²) in [5.74, 6) is -0.322. The van der Waals surface area contributed by atoms with E-state index in [1.165, 1.54) is 12.1 Å². The van der Waals surface area contributed by atoms with Crippen LogP contribution in [0.15, 0.2) is 22.7 Å². The van der Waals surface area contributed by atoms with Crippen LogP contribution in [0.3, 0.4) is 0 Å². The maximum Gasteiger partial charge on any atom is 0.271 e. The Kier molecular flexibility index (Phi) is 3.86. The summed E-state index contributed by atoms with van der Waals surface area (Å²) < 4.78 is 5.60. The SMILES string of the molecule is CC1(CNC(=O)c2cc(Br)cc([N+](=O)[O-])c2)COC1. The molecule has 1 aromatic rings. The van der Waals surface area contributed by atoms with Crippen molar-refractivity contribution in [2.75, 3.05) is 19.8 Å². The number of hydrogen-bond donors (Lipinski definition) is 1. The van der Waals surface area contributed by atoms with Crippen molar-refractivity contribution in [1.82, 2.24) is 5.32 Å². The fraction of sp³-hybridized carbons (Fsp3) is 0.417. The van der Waals surface area contributed by atoms with Crippen LogP contribution in [0.4, 0.5) is 5.69 Å². The van der Waals surface area contributed by atoms with Crippen LogP contribution in [0.2, 0.25) is 0 Å². The Labute approximate surface area is 118 Å². The van der Waals surface area contributed by atoms with E-state index in [1.54, 1.807) is 6.07 Å². The Bertz CT molecular complexity index is 528. The minimum absolute atomic E-state index is 0.0341. The number of carbonyl (C=O) groups is 1. The standard InChI is InChI=1S/C12H13BrN2O4/c1-12(6-19-7-12)5-14-11(16)8-2-9(13)4-10(3-8)15(17)18/h2-4H,5-7H2,1H3,(H,14,16). The van der Waals surface area contributed by atoms with Gasteiger partial charge in [0.1, 0.15) is 0 Å². The number of amides is 1. The highest BCUT2D eigenvalue weighted by atomic mass is 79.9. The predicted octanol–water partition coefficient (Wildman–Crippen LogP) is 2.12. The molecule has 0 bridgehead atoms. The van der Waals surface area contributed by atoms with E-state index in [0.717, 1.165) is 0 Å². The molecule has 0 aliphatic carbocycles. The third-order valence-corrected chi connectivity index (χ3v) is 3.39. The summed E-state index contributed by atoms with van der Waals surface area (Å²) in [5, 5.41) is 13.5. The molecule has 1 amide bonds. The van der Waals surface area contributed by atoms with Crippen molar-refractivity contribution in [3.05, 3.63) is 38.3 Å². The summed E-state index contributed by atoms with van der Waals surface area (Å²) in [6.07, 6.45) is 0. The van der Waals surface area contributed by atoms with E-state index in [2.05, 4.69) is 21.2 Å². The first-order valence-corrected chi connectivity index (χ1v) is 6.50. The monoisotopic (exact) mass is 328 g/mol. The number of benzene rings is 1. The molecule has 1 fully saturated rings. The first kappa shape index (κ1) is 14.0. The zero-order valence-electron chi connectivity index (χ0n) is 10.3. The molecule has 0 saturated carbocycles. The van der Waals surface area contributed by atoms with Gasteiger partial charge in [0, 0.05) is 34.1 Å². The minimum Gasteiger partial charge on any atom is -0.380 e. The quantitative estimate of drug-likeness (QED) is 0.678. The van der Waals surface area contributed by atoms with Crippen LogP contribution in [0.5, 0.6) is 0 Å². The van der Waals surface area contributed by atoms with Crippen molar-refractivity contribution >= 4 is 27.5 Å². The van der Waals surface area contributed by atoms with Crippen molar-refractivity contribution in [2.45, 2.75) is 6.92 Å². The van der Waals surface area contributed by atoms with Gasteiger partial charge in [-0.3, -0.25) is 14.9 Å². The van der Waals surface area contributed by atoms with Crippen LogP contribution in [-0.2, 0) is 4.74 Å². The lowest BCUT2D eigenvalue weighted by Crippen LogP contribution is -2.48. The van der Waals surface area contributed by atoms with Crippen LogP contribution in [-0.4, -0.2) is 30.6 Å². The number of carbonyl (C=O) groups excluding carboxylic acids is 1. The topological polar surface area (TPSA) is 81.5 Å². The normalized spacial score (nSPS) is 16.5. The van der Waals surface area contributed by atoms with E-state index in [-0.39, 0.29) is 22.6 Å². The van der Waals surface area contributed by atoms with Gasteiger partial charge in [-0.25, -0.2) is 0 Å². The number of nitro groups is 1. The van der Waals surface area contributed by atoms with Gasteiger partial charge in [0.05, 0.1) is 18.1 Å². The van der Waals surface area contributed by atoms with E-state index >= 15 is 0 Å². The van der Waals surface area contributed by atoms with Crippen LogP contribution in [0, 0.1) is 15.5 Å². The molecule has 1 aromatic carbocycles. The molecular formula is C12H13BrN2O4. The molecule has 102 valence electrons. The highest BCUT2D eigenvalue weighted by Gasteiger charge is 2.33. The Morgan fingerprint density at radius 3 is 2.74 bits per heavy atom. The lowest BCUT2D eigenvalue weighted by molar-refractivity contribution is -0.385. The fourth-order valence-corrected chi connectivity index (χ4v) is 2.24. The van der Waals surface area contributed by atoms with Gasteiger partial charge in [-0.2, -0.15) is 0 Å². The second kappa shape index (κ2) is 5.26. The minimum atomic E-state index is -0.525. The Morgan fingerprint density at radius 1 is 1.53 bits per heavy atom. The molecule has 1 saturated heterocycles. The molecule has 0 unspecified atom stereocenters. The Balaban J connectivity index is 2.08. The number of nitrogens with zero attached hydrogens (tertiary/aromatic N) is 1. The van der Waals surface area contributed by atoms with Gasteiger partial charge in [-0.15, -0.1) is 0 Å². The van der Waals surface area contributed by atoms with Crippen LogP contribution in [0.25, 0.3) is 0 Å². The van der Waals surface area contributed by atoms with E-state index in [1.807, 2.05) is 6.92 Å². The summed E-state index contributed by atoms with van der Waals surface area (Å²) >= 11 is 3.16. The first-order chi connectivity index (χ1) is 8.89. The molecule has 0 aromatic heterocycles. The average Bonchev–Trinajstić information content (AvgIpc) is 2.32. The molecule has 0 atom stereocenters. The highest BCUT2D eigenvalue weighted by Crippen LogP contribution is 2.26. The van der Waals surface area contributed by atoms with Gasteiger partial charge in [0.2, 0.25) is 0 Å². The molecule has 19 heavy (non-hydrogen) atoms. The number of nitrogens with one attached hydrogen (secondary N) is 1. The summed E-state index contributed by atoms with van der Waals surface area (Å²) in [5.41, 5.74) is 0.121. The van der Waals surface area contributed by atoms with E-state index in [4.69, 9.17) is 4.74 Å². The van der Waals surface area contributed by atoms with Crippen molar-refractivity contribution in [2.24, 2.45) is 5.41 Å². The molecule has 0 spiro atoms. The smallest absolute Gasteiger partial charge is 0.271 e. The Hall–Kier alpha value is -1.47. The van der Waals surface area contributed by atoms with Crippen LogP contribution >= 0.6 is 15.9 Å². The van der Waals surface area contributed by atoms with Crippen LogP contribution < -0.4 is 5.32 Å². The second-order valence-electron chi connectivity index (χ2n) is 4.94. The van der Waals surface area contributed by atoms with Gasteiger partial charge >= 0.3 is 0 Å². The molecule has 1 aliphatic heterocycles. The van der Waals surface area contributed by atoms with Gasteiger partial charge in [-0.1, -0.05) is 22.9 Å². The van der Waals surface area contributed by atoms with E-state index in [9.17, 15) is 14.9 Å². The van der Waals surface area contributed by atoms with Gasteiger partial charge in [0.15, 0.2) is 0 Å². The molecule has 1 heterocycles. The van der Waals surface area contributed by atoms with Crippen molar-refractivity contribution in [1.29, 1.82) is 0 Å². The number of rotatable bonds is 4. The molecule has 1 aliphatic rings. The summed E-state index contributed by atoms with van der Waals surface area (Å²) in [6, 6.07) is 4.18. The van der Waals surface area contributed by atoms with Crippen LogP contribution in [0.1, 0.15) is 17.3 Å². The van der Waals surface area contributed by atoms with Crippen molar-refractivity contribution in [3.63, 3.8) is 0 Å². The highest BCUT2D eigenvalue weighted by molar-refractivity contribution is 9.10. The average molecular weight is 329 g/mol. The maximum absolute atomic E-state index is 12.0. The molecule has 0 radical (unpaired) electrons. The summed E-state index contributed by atoms with van der Waals surface area (Å²) in [6.45, 7) is 3.74. The van der Waals surface area contributed by atoms with Crippen molar-refractivity contribution < 1.29 is 14.5 Å². The molecule has 1 N–H and O–H groups in total. The largest absolute Gasteiger partial charge is 0.380 e. The first-order valence-electron chi connectivity index (χ1n) is 5.71. The lowest BCUT2D eigenvalue weighted by Gasteiger charge is -2.38. The zero-order valence-corrected chi connectivity index (χ0v) is 11.9. The number of hydrogen-bond acceptors (Lipinski definition) is 4. The molecule has 2 rings (SSSR count). The molecule has 7 heteroatoms. The number of halogens is 1. The van der Waals surface area contributed by atoms with Gasteiger partial charge in [-0.05, 0) is 6.07 Å². The number of nitro benzene ring substituents is 1. The Morgan fingerprint density at radius 2 is 2.21 bits per heavy atom. The number of ether oxygens (including phenoxy) is 1. The van der Waals surface area contributed by atoms with Crippen molar-refractivity contribution in [3.8, 4) is 0 Å². The maximum atomic E-state index is 12.0. The predicted molar refractivity (Wildman–Crippen MR) is 72.1 cm³/mol.